The van der Waals surface area contributed by atoms with E-state index in [0.717, 1.165) is 0 Å². The quantitative estimate of drug-likeness (QED) is 0.220. The van der Waals surface area contributed by atoms with E-state index in [2.05, 4.69) is 0 Å². The minimum absolute atomic E-state index is 0.0141. The summed E-state index contributed by atoms with van der Waals surface area (Å²) in [6, 6.07) is 4.32. The number of nitrogens with two attached hydrogens (primary N) is 1. The van der Waals surface area contributed by atoms with Gasteiger partial charge in [-0.1, -0.05) is 33.8 Å². The summed E-state index contributed by atoms with van der Waals surface area (Å²) in [4.78, 5) is 48.3. The van der Waals surface area contributed by atoms with E-state index in [4.69, 9.17) is 34.2 Å². The molecule has 202 valence electrons. The number of hydrogen-bond donors (Lipinski definition) is 1. The largest absolute Gasteiger partial charge is 0.513 e. The van der Waals surface area contributed by atoms with Gasteiger partial charge in [-0.2, -0.15) is 0 Å². The zero-order valence-electron chi connectivity index (χ0n) is 21.6. The van der Waals surface area contributed by atoms with Crippen LogP contribution in [0.15, 0.2) is 18.2 Å². The minimum Gasteiger partial charge on any atom is -0.468 e. The predicted octanol–water partition coefficient (Wildman–Crippen LogP) is 3.93. The summed E-state index contributed by atoms with van der Waals surface area (Å²) >= 11 is 0. The Kier molecular flexibility index (Phi) is 13.3. The smallest absolute Gasteiger partial charge is 0.468 e. The van der Waals surface area contributed by atoms with Gasteiger partial charge in [-0.3, -0.25) is 9.59 Å². The molecule has 1 aromatic carbocycles. The number of rotatable bonds is 14. The Hall–Kier alpha value is -3.34. The van der Waals surface area contributed by atoms with Crippen LogP contribution in [0.1, 0.15) is 58.9 Å². The van der Waals surface area contributed by atoms with Crippen molar-refractivity contribution in [2.75, 3.05) is 26.9 Å². The first-order valence-electron chi connectivity index (χ1n) is 11.9. The van der Waals surface area contributed by atoms with Gasteiger partial charge in [0.15, 0.2) is 11.5 Å². The molecular weight excluding hydrogens is 474 g/mol. The topological polar surface area (TPSA) is 150 Å². The summed E-state index contributed by atoms with van der Waals surface area (Å²) in [5, 5.41) is 0. The number of esters is 2. The Morgan fingerprint density at radius 3 is 2.00 bits per heavy atom. The molecule has 0 saturated carbocycles. The fraction of sp³-hybridized carbons (Fsp3) is 0.600. The highest BCUT2D eigenvalue weighted by atomic mass is 16.7. The first-order chi connectivity index (χ1) is 17.0. The van der Waals surface area contributed by atoms with Crippen LogP contribution in [-0.2, 0) is 35.0 Å². The molecule has 0 fully saturated rings. The number of carbonyl (C=O) groups is 4. The molecule has 0 radical (unpaired) electrons. The molecule has 36 heavy (non-hydrogen) atoms. The van der Waals surface area contributed by atoms with Crippen molar-refractivity contribution in [1.82, 2.24) is 0 Å². The Morgan fingerprint density at radius 2 is 1.47 bits per heavy atom. The second-order valence-electron chi connectivity index (χ2n) is 8.58. The Bertz CT molecular complexity index is 886. The van der Waals surface area contributed by atoms with Crippen molar-refractivity contribution in [2.24, 2.45) is 11.7 Å². The highest BCUT2D eigenvalue weighted by Gasteiger charge is 2.36. The average molecular weight is 512 g/mol. The van der Waals surface area contributed by atoms with Crippen molar-refractivity contribution in [1.29, 1.82) is 0 Å². The van der Waals surface area contributed by atoms with Gasteiger partial charge in [-0.15, -0.1) is 0 Å². The Morgan fingerprint density at radius 1 is 0.889 bits per heavy atom. The van der Waals surface area contributed by atoms with Gasteiger partial charge in [0.2, 0.25) is 0 Å². The van der Waals surface area contributed by atoms with Crippen LogP contribution in [0.3, 0.4) is 0 Å². The minimum atomic E-state index is -1.55. The number of carbonyl (C=O) groups excluding carboxylic acids is 4. The van der Waals surface area contributed by atoms with E-state index in [1.165, 1.54) is 19.2 Å². The van der Waals surface area contributed by atoms with Crippen LogP contribution in [0.4, 0.5) is 9.59 Å². The number of benzene rings is 1. The lowest BCUT2D eigenvalue weighted by Crippen LogP contribution is -2.51. The predicted molar refractivity (Wildman–Crippen MR) is 129 cm³/mol. The molecule has 0 unspecified atom stereocenters. The zero-order valence-corrected chi connectivity index (χ0v) is 21.6. The van der Waals surface area contributed by atoms with E-state index in [9.17, 15) is 19.2 Å². The van der Waals surface area contributed by atoms with E-state index in [1.807, 2.05) is 27.7 Å². The first kappa shape index (κ1) is 30.7. The molecule has 0 bridgehead atoms. The van der Waals surface area contributed by atoms with Crippen LogP contribution in [0.5, 0.6) is 11.5 Å². The maximum absolute atomic E-state index is 12.5. The molecule has 0 aliphatic rings. The molecule has 0 amide bonds. The van der Waals surface area contributed by atoms with Gasteiger partial charge in [0, 0.05) is 19.3 Å². The van der Waals surface area contributed by atoms with Gasteiger partial charge < -0.3 is 34.2 Å². The summed E-state index contributed by atoms with van der Waals surface area (Å²) in [6.07, 6.45) is -0.611. The third-order valence-corrected chi connectivity index (χ3v) is 4.74. The second kappa shape index (κ2) is 15.6. The van der Waals surface area contributed by atoms with Gasteiger partial charge in [0.05, 0.1) is 26.9 Å². The van der Waals surface area contributed by atoms with Gasteiger partial charge in [-0.25, -0.2) is 9.59 Å². The van der Waals surface area contributed by atoms with Crippen LogP contribution in [0, 0.1) is 5.92 Å². The fourth-order valence-corrected chi connectivity index (χ4v) is 3.01. The van der Waals surface area contributed by atoms with Crippen molar-refractivity contribution in [3.63, 3.8) is 0 Å². The molecule has 11 heteroatoms. The molecule has 2 N–H and O–H groups in total. The van der Waals surface area contributed by atoms with E-state index in [-0.39, 0.29) is 56.5 Å². The maximum atomic E-state index is 12.5. The molecule has 0 spiro atoms. The second-order valence-corrected chi connectivity index (χ2v) is 8.58. The fourth-order valence-electron chi connectivity index (χ4n) is 3.01. The van der Waals surface area contributed by atoms with Crippen molar-refractivity contribution < 1.29 is 47.6 Å². The average Bonchev–Trinajstić information content (AvgIpc) is 2.81. The normalized spacial score (nSPS) is 12.3. The number of methoxy groups -OCH3 is 1. The first-order valence-corrected chi connectivity index (χ1v) is 11.9. The standard InChI is InChI=1S/C25H37NO10/c1-6-11-33-23(29)35-19-9-8-18(15-20(19)36-24(30)34-12-7-2)16-25(26,22(28)31-5)10-13-32-21(27)14-17(3)4/h8-9,15,17H,6-7,10-14,16,26H2,1-5H3/t25-/m1/s1. The Balaban J connectivity index is 3.11. The third kappa shape index (κ3) is 10.9. The van der Waals surface area contributed by atoms with Crippen LogP contribution in [-0.4, -0.2) is 56.7 Å². The molecule has 1 atom stereocenters. The lowest BCUT2D eigenvalue weighted by atomic mass is 9.88. The lowest BCUT2D eigenvalue weighted by molar-refractivity contribution is -0.151. The van der Waals surface area contributed by atoms with Crippen molar-refractivity contribution in [3.05, 3.63) is 23.8 Å². The van der Waals surface area contributed by atoms with Crippen LogP contribution in [0.2, 0.25) is 0 Å². The van der Waals surface area contributed by atoms with Gasteiger partial charge in [0.1, 0.15) is 5.54 Å². The van der Waals surface area contributed by atoms with Crippen LogP contribution < -0.4 is 15.2 Å². The zero-order chi connectivity index (χ0) is 27.1. The SMILES string of the molecule is CCCOC(=O)Oc1ccc(C[C@](N)(CCOC(=O)CC(C)C)C(=O)OC)cc1OC(=O)OCCC. The molecule has 0 saturated heterocycles. The third-order valence-electron chi connectivity index (χ3n) is 4.74. The van der Waals surface area contributed by atoms with Crippen LogP contribution in [0.25, 0.3) is 0 Å². The van der Waals surface area contributed by atoms with Gasteiger partial charge >= 0.3 is 24.2 Å². The molecule has 1 aromatic rings. The summed E-state index contributed by atoms with van der Waals surface area (Å²) in [5.74, 6) is -1.19. The van der Waals surface area contributed by atoms with E-state index >= 15 is 0 Å². The van der Waals surface area contributed by atoms with Crippen LogP contribution >= 0.6 is 0 Å². The summed E-state index contributed by atoms with van der Waals surface area (Å²) in [5.41, 5.74) is 5.27. The van der Waals surface area contributed by atoms with Gasteiger partial charge in [0.25, 0.3) is 0 Å². The highest BCUT2D eigenvalue weighted by Crippen LogP contribution is 2.31. The van der Waals surface area contributed by atoms with Crippen molar-refractivity contribution in [3.8, 4) is 11.5 Å². The lowest BCUT2D eigenvalue weighted by Gasteiger charge is -2.27. The van der Waals surface area contributed by atoms with E-state index < -0.39 is 29.8 Å². The molecular formula is C25H37NO10. The molecule has 1 rings (SSSR count). The molecule has 11 nitrogen and oxygen atoms in total. The monoisotopic (exact) mass is 511 g/mol. The molecule has 0 aromatic heterocycles. The van der Waals surface area contributed by atoms with Crippen molar-refractivity contribution >= 4 is 24.2 Å². The summed E-state index contributed by atoms with van der Waals surface area (Å²) in [6.45, 7) is 7.62. The number of ether oxygens (including phenoxy) is 6. The molecule has 0 aliphatic heterocycles. The molecule has 0 aliphatic carbocycles. The van der Waals surface area contributed by atoms with Gasteiger partial charge in [-0.05, 0) is 36.5 Å². The summed E-state index contributed by atoms with van der Waals surface area (Å²) < 4.78 is 30.3. The maximum Gasteiger partial charge on any atom is 0.513 e. The highest BCUT2D eigenvalue weighted by molar-refractivity contribution is 5.81. The van der Waals surface area contributed by atoms with Crippen molar-refractivity contribution in [2.45, 2.75) is 65.3 Å². The van der Waals surface area contributed by atoms with E-state index in [1.54, 1.807) is 6.07 Å². The molecule has 0 heterocycles. The van der Waals surface area contributed by atoms with E-state index in [0.29, 0.717) is 18.4 Å². The Labute approximate surface area is 211 Å². The number of hydrogen-bond acceptors (Lipinski definition) is 11. The summed E-state index contributed by atoms with van der Waals surface area (Å²) in [7, 11) is 1.20.